The summed E-state index contributed by atoms with van der Waals surface area (Å²) in [7, 11) is 0. The van der Waals surface area contributed by atoms with Gasteiger partial charge in [-0.1, -0.05) is 53.5 Å². The van der Waals surface area contributed by atoms with Gasteiger partial charge in [-0.15, -0.1) is 0 Å². The van der Waals surface area contributed by atoms with Gasteiger partial charge in [-0.25, -0.2) is 4.39 Å². The van der Waals surface area contributed by atoms with Crippen molar-refractivity contribution in [1.82, 2.24) is 0 Å². The Hall–Kier alpha value is -3.12. The summed E-state index contributed by atoms with van der Waals surface area (Å²) in [6.07, 6.45) is -0.983. The third-order valence-corrected chi connectivity index (χ3v) is 5.23. The van der Waals surface area contributed by atoms with Gasteiger partial charge in [0.05, 0.1) is 5.02 Å². The van der Waals surface area contributed by atoms with Crippen LogP contribution in [0.4, 0.5) is 10.1 Å². The molecule has 0 aliphatic rings. The minimum atomic E-state index is -0.983. The molecule has 1 heterocycles. The van der Waals surface area contributed by atoms with Crippen LogP contribution in [0, 0.1) is 5.82 Å². The Morgan fingerprint density at radius 3 is 2.48 bits per heavy atom. The van der Waals surface area contributed by atoms with Gasteiger partial charge in [-0.05, 0) is 54.1 Å². The molecule has 0 saturated heterocycles. The van der Waals surface area contributed by atoms with Crippen LogP contribution in [0.25, 0.3) is 11.3 Å². The molecule has 31 heavy (non-hydrogen) atoms. The first-order valence-electron chi connectivity index (χ1n) is 9.31. The van der Waals surface area contributed by atoms with Crippen LogP contribution >= 0.6 is 23.2 Å². The number of benzene rings is 3. The van der Waals surface area contributed by atoms with Gasteiger partial charge < -0.3 is 14.8 Å². The quantitative estimate of drug-likeness (QED) is 0.350. The second kappa shape index (κ2) is 8.94. The van der Waals surface area contributed by atoms with Gasteiger partial charge in [-0.3, -0.25) is 4.79 Å². The standard InChI is InChI=1S/C24H16Cl2FNO3/c25-16-7-9-20(17(13-16)23(29)14-4-2-1-3-5-14)28-24(30)22-11-10-21(31-22)15-6-8-19(27)18(26)12-15/h1-13,23,29H,(H,28,30)/t23-/m1/s1. The van der Waals surface area contributed by atoms with Crippen molar-refractivity contribution in [3.8, 4) is 11.3 Å². The third-order valence-electron chi connectivity index (χ3n) is 4.71. The molecule has 156 valence electrons. The summed E-state index contributed by atoms with van der Waals surface area (Å²) in [6, 6.07) is 21.1. The molecule has 1 atom stereocenters. The summed E-state index contributed by atoms with van der Waals surface area (Å²) in [5.41, 5.74) is 2.04. The van der Waals surface area contributed by atoms with Crippen molar-refractivity contribution in [1.29, 1.82) is 0 Å². The highest BCUT2D eigenvalue weighted by Gasteiger charge is 2.19. The maximum atomic E-state index is 13.4. The number of hydrogen-bond acceptors (Lipinski definition) is 3. The molecule has 0 fully saturated rings. The van der Waals surface area contributed by atoms with Gasteiger partial charge in [0.2, 0.25) is 0 Å². The molecule has 0 unspecified atom stereocenters. The van der Waals surface area contributed by atoms with E-state index >= 15 is 0 Å². The van der Waals surface area contributed by atoms with E-state index in [1.807, 2.05) is 18.2 Å². The van der Waals surface area contributed by atoms with Crippen molar-refractivity contribution in [2.24, 2.45) is 0 Å². The van der Waals surface area contributed by atoms with Crippen molar-refractivity contribution >= 4 is 34.8 Å². The molecule has 0 saturated carbocycles. The summed E-state index contributed by atoms with van der Waals surface area (Å²) in [5.74, 6) is -0.635. The Labute approximate surface area is 187 Å². The van der Waals surface area contributed by atoms with Gasteiger partial charge in [0, 0.05) is 21.8 Å². The number of anilines is 1. The number of furan rings is 1. The van der Waals surface area contributed by atoms with Gasteiger partial charge in [-0.2, -0.15) is 0 Å². The molecular formula is C24H16Cl2FNO3. The number of carbonyl (C=O) groups excluding carboxylic acids is 1. The fourth-order valence-electron chi connectivity index (χ4n) is 3.14. The number of halogens is 3. The second-order valence-electron chi connectivity index (χ2n) is 6.79. The van der Waals surface area contributed by atoms with Crippen LogP contribution in [0.15, 0.2) is 83.3 Å². The highest BCUT2D eigenvalue weighted by atomic mass is 35.5. The van der Waals surface area contributed by atoms with Crippen LogP contribution in [-0.2, 0) is 0 Å². The minimum Gasteiger partial charge on any atom is -0.451 e. The Kier molecular flexibility index (Phi) is 6.09. The van der Waals surface area contributed by atoms with Crippen LogP contribution < -0.4 is 5.32 Å². The maximum absolute atomic E-state index is 13.4. The summed E-state index contributed by atoms with van der Waals surface area (Å²) >= 11 is 11.9. The van der Waals surface area contributed by atoms with E-state index in [1.54, 1.807) is 36.4 Å². The molecule has 1 aromatic heterocycles. The van der Waals surface area contributed by atoms with E-state index in [-0.39, 0.29) is 10.8 Å². The first-order chi connectivity index (χ1) is 14.9. The van der Waals surface area contributed by atoms with E-state index in [0.29, 0.717) is 33.2 Å². The molecule has 4 rings (SSSR count). The molecule has 0 radical (unpaired) electrons. The first kappa shape index (κ1) is 21.1. The van der Waals surface area contributed by atoms with E-state index in [2.05, 4.69) is 5.32 Å². The topological polar surface area (TPSA) is 62.5 Å². The zero-order valence-electron chi connectivity index (χ0n) is 16.0. The van der Waals surface area contributed by atoms with Crippen molar-refractivity contribution in [3.63, 3.8) is 0 Å². The molecule has 0 aliphatic carbocycles. The van der Waals surface area contributed by atoms with Gasteiger partial charge in [0.25, 0.3) is 5.91 Å². The average molecular weight is 456 g/mol. The smallest absolute Gasteiger partial charge is 0.291 e. The van der Waals surface area contributed by atoms with Crippen LogP contribution in [0.2, 0.25) is 10.0 Å². The van der Waals surface area contributed by atoms with Crippen LogP contribution in [0.5, 0.6) is 0 Å². The molecule has 0 aliphatic heterocycles. The number of rotatable bonds is 5. The predicted octanol–water partition coefficient (Wildman–Crippen LogP) is 6.73. The molecule has 4 aromatic rings. The van der Waals surface area contributed by atoms with Crippen molar-refractivity contribution in [3.05, 3.63) is 112 Å². The minimum absolute atomic E-state index is 0.0411. The summed E-state index contributed by atoms with van der Waals surface area (Å²) < 4.78 is 19.0. The van der Waals surface area contributed by atoms with E-state index < -0.39 is 17.8 Å². The summed E-state index contributed by atoms with van der Waals surface area (Å²) in [5, 5.41) is 13.9. The van der Waals surface area contributed by atoms with Gasteiger partial charge >= 0.3 is 0 Å². The molecule has 7 heteroatoms. The number of carbonyl (C=O) groups is 1. The van der Waals surface area contributed by atoms with E-state index in [4.69, 9.17) is 27.6 Å². The Morgan fingerprint density at radius 2 is 1.74 bits per heavy atom. The molecular weight excluding hydrogens is 440 g/mol. The molecule has 2 N–H and O–H groups in total. The Morgan fingerprint density at radius 1 is 0.968 bits per heavy atom. The van der Waals surface area contributed by atoms with E-state index in [9.17, 15) is 14.3 Å². The molecule has 0 spiro atoms. The molecule has 4 nitrogen and oxygen atoms in total. The van der Waals surface area contributed by atoms with E-state index in [0.717, 1.165) is 0 Å². The monoisotopic (exact) mass is 455 g/mol. The van der Waals surface area contributed by atoms with Gasteiger partial charge in [0.15, 0.2) is 5.76 Å². The number of hydrogen-bond donors (Lipinski definition) is 2. The van der Waals surface area contributed by atoms with Crippen molar-refractivity contribution in [2.75, 3.05) is 5.32 Å². The van der Waals surface area contributed by atoms with Crippen molar-refractivity contribution < 1.29 is 18.7 Å². The Balaban J connectivity index is 1.59. The van der Waals surface area contributed by atoms with Gasteiger partial charge in [0.1, 0.15) is 17.7 Å². The van der Waals surface area contributed by atoms with Crippen LogP contribution in [-0.4, -0.2) is 11.0 Å². The molecule has 0 bridgehead atoms. The summed E-state index contributed by atoms with van der Waals surface area (Å²) in [4.78, 5) is 12.8. The van der Waals surface area contributed by atoms with Crippen molar-refractivity contribution in [2.45, 2.75) is 6.10 Å². The molecule has 3 aromatic carbocycles. The highest BCUT2D eigenvalue weighted by Crippen LogP contribution is 2.32. The third kappa shape index (κ3) is 4.64. The lowest BCUT2D eigenvalue weighted by molar-refractivity contribution is 0.0997. The number of aliphatic hydroxyl groups excluding tert-OH is 1. The fraction of sp³-hybridized carbons (Fsp3) is 0.0417. The zero-order valence-corrected chi connectivity index (χ0v) is 17.5. The lowest BCUT2D eigenvalue weighted by Crippen LogP contribution is -2.14. The lowest BCUT2D eigenvalue weighted by atomic mass is 10.00. The molecule has 1 amide bonds. The van der Waals surface area contributed by atoms with Crippen LogP contribution in [0.3, 0.4) is 0 Å². The Bertz CT molecular complexity index is 1240. The van der Waals surface area contributed by atoms with E-state index in [1.165, 1.54) is 24.3 Å². The largest absolute Gasteiger partial charge is 0.451 e. The second-order valence-corrected chi connectivity index (χ2v) is 7.64. The number of amides is 1. The highest BCUT2D eigenvalue weighted by molar-refractivity contribution is 6.31. The fourth-order valence-corrected chi connectivity index (χ4v) is 3.50. The number of nitrogens with one attached hydrogen (secondary N) is 1. The number of aliphatic hydroxyl groups is 1. The SMILES string of the molecule is O=C(Nc1ccc(Cl)cc1[C@H](O)c1ccccc1)c1ccc(-c2ccc(F)c(Cl)c2)o1. The summed E-state index contributed by atoms with van der Waals surface area (Å²) in [6.45, 7) is 0. The predicted molar refractivity (Wildman–Crippen MR) is 119 cm³/mol. The normalized spacial score (nSPS) is 11.9. The first-order valence-corrected chi connectivity index (χ1v) is 10.1. The zero-order chi connectivity index (χ0) is 22.0. The van der Waals surface area contributed by atoms with Crippen LogP contribution in [0.1, 0.15) is 27.8 Å². The average Bonchev–Trinajstić information content (AvgIpc) is 3.27. The maximum Gasteiger partial charge on any atom is 0.291 e. The lowest BCUT2D eigenvalue weighted by Gasteiger charge is -2.17.